The summed E-state index contributed by atoms with van der Waals surface area (Å²) in [6.07, 6.45) is 0. The van der Waals surface area contributed by atoms with Gasteiger partial charge in [0.2, 0.25) is 0 Å². The van der Waals surface area contributed by atoms with Crippen molar-refractivity contribution in [3.8, 4) is 5.75 Å². The van der Waals surface area contributed by atoms with Crippen molar-refractivity contribution in [2.45, 2.75) is 6.85 Å². The number of benzene rings is 1. The predicted octanol–water partition coefficient (Wildman–Crippen LogP) is 0.528. The van der Waals surface area contributed by atoms with Crippen molar-refractivity contribution in [3.05, 3.63) is 22.7 Å². The van der Waals surface area contributed by atoms with Gasteiger partial charge in [-0.05, 0) is 24.4 Å². The monoisotopic (exact) mass is 249 g/mol. The Morgan fingerprint density at radius 1 is 1.69 bits per heavy atom. The van der Waals surface area contributed by atoms with Gasteiger partial charge >= 0.3 is 7.12 Å². The maximum Gasteiger partial charge on any atom is 0.489 e. The second-order valence-corrected chi connectivity index (χ2v) is 3.12. The summed E-state index contributed by atoms with van der Waals surface area (Å²) in [5, 5.41) is 18.0. The lowest BCUT2D eigenvalue weighted by Gasteiger charge is -2.06. The van der Waals surface area contributed by atoms with Crippen LogP contribution >= 0.6 is 15.9 Å². The Hall–Kier alpha value is -0.515. The van der Waals surface area contributed by atoms with Gasteiger partial charge in [-0.1, -0.05) is 22.0 Å². The zero-order valence-electron chi connectivity index (χ0n) is 11.5. The summed E-state index contributed by atoms with van der Waals surface area (Å²) in [4.78, 5) is 0. The predicted molar refractivity (Wildman–Crippen MR) is 55.1 cm³/mol. The number of ether oxygens (including phenoxy) is 1. The topological polar surface area (TPSA) is 49.7 Å². The standard InChI is InChI=1S/C8H10BBrO3/c1-2-13-6-3-4-7(9(11)12)8(10)5-6/h3-5,11-12H,2H2,1H3/i1D3,2D2. The third-order valence-electron chi connectivity index (χ3n) is 1.42. The second-order valence-electron chi connectivity index (χ2n) is 2.26. The molecule has 13 heavy (non-hydrogen) atoms. The summed E-state index contributed by atoms with van der Waals surface area (Å²) in [5.74, 6) is -0.0348. The molecule has 1 rings (SSSR count). The van der Waals surface area contributed by atoms with Crippen LogP contribution < -0.4 is 10.2 Å². The fraction of sp³-hybridized carbons (Fsp3) is 0.250. The molecule has 0 bridgehead atoms. The molecular weight excluding hydrogens is 235 g/mol. The average Bonchev–Trinajstić information content (AvgIpc) is 2.14. The number of halogens is 1. The van der Waals surface area contributed by atoms with Crippen LogP contribution in [0.25, 0.3) is 0 Å². The molecule has 0 saturated heterocycles. The van der Waals surface area contributed by atoms with E-state index in [1.165, 1.54) is 18.2 Å². The summed E-state index contributed by atoms with van der Waals surface area (Å²) in [5.41, 5.74) is 0.164. The molecule has 3 nitrogen and oxygen atoms in total. The van der Waals surface area contributed by atoms with Crippen LogP contribution in [0, 0.1) is 0 Å². The zero-order valence-corrected chi connectivity index (χ0v) is 8.08. The van der Waals surface area contributed by atoms with Crippen molar-refractivity contribution in [2.24, 2.45) is 0 Å². The highest BCUT2D eigenvalue weighted by molar-refractivity contribution is 9.10. The maximum absolute atomic E-state index is 8.98. The van der Waals surface area contributed by atoms with Crippen LogP contribution in [0.5, 0.6) is 5.75 Å². The van der Waals surface area contributed by atoms with Crippen molar-refractivity contribution in [1.29, 1.82) is 0 Å². The molecule has 0 amide bonds. The molecule has 1 aromatic carbocycles. The molecule has 0 aromatic heterocycles. The fourth-order valence-electron chi connectivity index (χ4n) is 0.840. The molecule has 0 saturated carbocycles. The highest BCUT2D eigenvalue weighted by Gasteiger charge is 2.14. The van der Waals surface area contributed by atoms with Crippen molar-refractivity contribution < 1.29 is 21.6 Å². The van der Waals surface area contributed by atoms with Gasteiger partial charge < -0.3 is 14.8 Å². The Labute approximate surface area is 92.6 Å². The minimum absolute atomic E-state index is 0.0348. The molecular formula is C8H10BBrO3. The first kappa shape index (κ1) is 5.39. The molecule has 0 radical (unpaired) electrons. The molecule has 0 fully saturated rings. The van der Waals surface area contributed by atoms with Gasteiger partial charge in [-0.15, -0.1) is 0 Å². The van der Waals surface area contributed by atoms with Crippen molar-refractivity contribution in [2.75, 3.05) is 6.56 Å². The minimum Gasteiger partial charge on any atom is -0.494 e. The normalized spacial score (nSPS) is 17.6. The molecule has 1 aromatic rings. The lowest BCUT2D eigenvalue weighted by atomic mass is 9.80. The molecule has 0 atom stereocenters. The molecule has 0 unspecified atom stereocenters. The van der Waals surface area contributed by atoms with E-state index in [9.17, 15) is 0 Å². The van der Waals surface area contributed by atoms with Crippen LogP contribution in [0.3, 0.4) is 0 Å². The number of hydrogen-bond donors (Lipinski definition) is 2. The van der Waals surface area contributed by atoms with Gasteiger partial charge in [-0.25, -0.2) is 0 Å². The van der Waals surface area contributed by atoms with Crippen LogP contribution in [0.2, 0.25) is 0 Å². The summed E-state index contributed by atoms with van der Waals surface area (Å²) in [6, 6.07) is 3.81. The summed E-state index contributed by atoms with van der Waals surface area (Å²) < 4.78 is 40.6. The first-order chi connectivity index (χ1) is 8.04. The van der Waals surface area contributed by atoms with Gasteiger partial charge in [0.25, 0.3) is 0 Å². The highest BCUT2D eigenvalue weighted by atomic mass is 79.9. The summed E-state index contributed by atoms with van der Waals surface area (Å²) in [6.45, 7) is -5.75. The third-order valence-corrected chi connectivity index (χ3v) is 2.11. The van der Waals surface area contributed by atoms with E-state index in [0.717, 1.165) is 0 Å². The first-order valence-corrected chi connectivity index (χ1v) is 4.18. The van der Waals surface area contributed by atoms with Gasteiger partial charge in [0.15, 0.2) is 0 Å². The van der Waals surface area contributed by atoms with E-state index in [-0.39, 0.29) is 15.7 Å². The van der Waals surface area contributed by atoms with E-state index in [0.29, 0.717) is 0 Å². The van der Waals surface area contributed by atoms with Gasteiger partial charge in [0.1, 0.15) is 5.75 Å². The minimum atomic E-state index is -2.92. The van der Waals surface area contributed by atoms with Gasteiger partial charge in [0, 0.05) is 8.58 Å². The maximum atomic E-state index is 8.98. The summed E-state index contributed by atoms with van der Waals surface area (Å²) in [7, 11) is -1.69. The van der Waals surface area contributed by atoms with E-state index < -0.39 is 20.5 Å². The highest BCUT2D eigenvalue weighted by Crippen LogP contribution is 2.16. The van der Waals surface area contributed by atoms with Gasteiger partial charge in [-0.3, -0.25) is 0 Å². The second kappa shape index (κ2) is 4.65. The quantitative estimate of drug-likeness (QED) is 0.769. The molecule has 5 heteroatoms. The first-order valence-electron chi connectivity index (χ1n) is 5.89. The Kier molecular flexibility index (Phi) is 1.93. The molecule has 0 aliphatic carbocycles. The van der Waals surface area contributed by atoms with Crippen LogP contribution in [-0.2, 0) is 0 Å². The molecule has 0 aliphatic heterocycles. The van der Waals surface area contributed by atoms with Crippen molar-refractivity contribution in [1.82, 2.24) is 0 Å². The Morgan fingerprint density at radius 2 is 2.46 bits per heavy atom. The SMILES string of the molecule is [2H]C([2H])([2H])C([2H])([2H])Oc1ccc(B(O)O)c(Br)c1. The molecule has 0 heterocycles. The zero-order chi connectivity index (χ0) is 14.1. The van der Waals surface area contributed by atoms with E-state index >= 15 is 0 Å². The Balaban J connectivity index is 2.97. The van der Waals surface area contributed by atoms with E-state index in [1.807, 2.05) is 0 Å². The van der Waals surface area contributed by atoms with Crippen LogP contribution in [0.15, 0.2) is 22.7 Å². The van der Waals surface area contributed by atoms with Crippen LogP contribution in [0.1, 0.15) is 13.7 Å². The Bertz CT molecular complexity index is 437. The van der Waals surface area contributed by atoms with Crippen LogP contribution in [0.4, 0.5) is 0 Å². The van der Waals surface area contributed by atoms with E-state index in [1.54, 1.807) is 0 Å². The van der Waals surface area contributed by atoms with E-state index in [2.05, 4.69) is 15.9 Å². The number of rotatable bonds is 3. The summed E-state index contributed by atoms with van der Waals surface area (Å²) >= 11 is 3.04. The van der Waals surface area contributed by atoms with Crippen molar-refractivity contribution >= 4 is 28.5 Å². The fourth-order valence-corrected chi connectivity index (χ4v) is 1.40. The van der Waals surface area contributed by atoms with E-state index in [4.69, 9.17) is 21.6 Å². The Morgan fingerprint density at radius 3 is 3.00 bits per heavy atom. The molecule has 70 valence electrons. The number of hydrogen-bond acceptors (Lipinski definition) is 3. The molecule has 0 spiro atoms. The smallest absolute Gasteiger partial charge is 0.489 e. The van der Waals surface area contributed by atoms with Gasteiger partial charge in [0.05, 0.1) is 9.30 Å². The van der Waals surface area contributed by atoms with Gasteiger partial charge in [-0.2, -0.15) is 0 Å². The third kappa shape index (κ3) is 2.72. The lowest BCUT2D eigenvalue weighted by Crippen LogP contribution is -2.30. The molecule has 0 aliphatic rings. The van der Waals surface area contributed by atoms with Crippen molar-refractivity contribution in [3.63, 3.8) is 0 Å². The molecule has 2 N–H and O–H groups in total. The van der Waals surface area contributed by atoms with Crippen LogP contribution in [-0.4, -0.2) is 23.7 Å². The average molecular weight is 250 g/mol. The largest absolute Gasteiger partial charge is 0.494 e. The lowest BCUT2D eigenvalue weighted by molar-refractivity contribution is 0.340.